The van der Waals surface area contributed by atoms with Gasteiger partial charge < -0.3 is 24.8 Å². The standard InChI is InChI=1S/C26H32N4O3/c1-4-27-26(29-16-14-20-12-13-23(31-2)24(17-20)32-3)30-18-22-11-8-15-28-25(22)33-19-21-9-6-5-7-10-21/h5-13,15,17H,4,14,16,18-19H2,1-3H3,(H2,27,29,30). The van der Waals surface area contributed by atoms with E-state index in [9.17, 15) is 0 Å². The first kappa shape index (κ1) is 23.9. The first-order valence-electron chi connectivity index (χ1n) is 11.1. The topological polar surface area (TPSA) is 77.0 Å². The maximum atomic E-state index is 5.95. The molecule has 7 heteroatoms. The molecule has 0 unspecified atom stereocenters. The summed E-state index contributed by atoms with van der Waals surface area (Å²) in [6.45, 7) is 4.48. The number of benzene rings is 2. The van der Waals surface area contributed by atoms with Crippen LogP contribution in [0.25, 0.3) is 0 Å². The Kier molecular flexibility index (Phi) is 9.39. The molecule has 2 aromatic carbocycles. The molecule has 3 aromatic rings. The molecule has 0 saturated carbocycles. The summed E-state index contributed by atoms with van der Waals surface area (Å²) in [5.74, 6) is 2.81. The van der Waals surface area contributed by atoms with Gasteiger partial charge in [0.05, 0.1) is 20.8 Å². The van der Waals surface area contributed by atoms with Crippen LogP contribution in [0.1, 0.15) is 23.6 Å². The summed E-state index contributed by atoms with van der Waals surface area (Å²) in [4.78, 5) is 9.12. The number of aromatic nitrogens is 1. The number of methoxy groups -OCH3 is 2. The maximum absolute atomic E-state index is 5.95. The molecule has 0 aliphatic carbocycles. The quantitative estimate of drug-likeness (QED) is 0.341. The minimum absolute atomic E-state index is 0.462. The van der Waals surface area contributed by atoms with Crippen molar-refractivity contribution in [3.8, 4) is 17.4 Å². The lowest BCUT2D eigenvalue weighted by atomic mass is 10.1. The predicted molar refractivity (Wildman–Crippen MR) is 131 cm³/mol. The smallest absolute Gasteiger partial charge is 0.218 e. The van der Waals surface area contributed by atoms with Crippen LogP contribution in [0.2, 0.25) is 0 Å². The van der Waals surface area contributed by atoms with E-state index in [4.69, 9.17) is 19.2 Å². The van der Waals surface area contributed by atoms with Gasteiger partial charge in [-0.1, -0.05) is 42.5 Å². The number of pyridine rings is 1. The highest BCUT2D eigenvalue weighted by Crippen LogP contribution is 2.27. The zero-order valence-corrected chi connectivity index (χ0v) is 19.5. The Morgan fingerprint density at radius 1 is 0.909 bits per heavy atom. The van der Waals surface area contributed by atoms with Crippen LogP contribution in [0.3, 0.4) is 0 Å². The van der Waals surface area contributed by atoms with Gasteiger partial charge in [-0.05, 0) is 42.7 Å². The largest absolute Gasteiger partial charge is 0.493 e. The number of nitrogens with one attached hydrogen (secondary N) is 2. The van der Waals surface area contributed by atoms with Crippen molar-refractivity contribution in [3.05, 3.63) is 83.6 Å². The summed E-state index contributed by atoms with van der Waals surface area (Å²) in [6.07, 6.45) is 2.56. The van der Waals surface area contributed by atoms with Crippen molar-refractivity contribution >= 4 is 5.96 Å². The van der Waals surface area contributed by atoms with Gasteiger partial charge in [-0.3, -0.25) is 0 Å². The van der Waals surface area contributed by atoms with E-state index >= 15 is 0 Å². The van der Waals surface area contributed by atoms with Gasteiger partial charge in [0.1, 0.15) is 6.61 Å². The molecule has 1 aromatic heterocycles. The molecule has 2 N–H and O–H groups in total. The minimum atomic E-state index is 0.462. The number of aliphatic imine (C=N–C) groups is 1. The van der Waals surface area contributed by atoms with Crippen LogP contribution >= 0.6 is 0 Å². The highest BCUT2D eigenvalue weighted by Gasteiger charge is 2.07. The SMILES string of the molecule is CCNC(=NCc1cccnc1OCc1ccccc1)NCCc1ccc(OC)c(OC)c1. The Bertz CT molecular complexity index is 1030. The van der Waals surface area contributed by atoms with Gasteiger partial charge in [0.15, 0.2) is 17.5 Å². The Balaban J connectivity index is 1.59. The van der Waals surface area contributed by atoms with E-state index in [2.05, 4.69) is 15.6 Å². The number of hydrogen-bond acceptors (Lipinski definition) is 5. The van der Waals surface area contributed by atoms with Crippen molar-refractivity contribution < 1.29 is 14.2 Å². The second kappa shape index (κ2) is 13.0. The molecule has 0 radical (unpaired) electrons. The zero-order valence-electron chi connectivity index (χ0n) is 19.5. The summed E-state index contributed by atoms with van der Waals surface area (Å²) in [7, 11) is 3.28. The lowest BCUT2D eigenvalue weighted by Gasteiger charge is -2.13. The van der Waals surface area contributed by atoms with E-state index in [-0.39, 0.29) is 0 Å². The molecule has 0 bridgehead atoms. The number of rotatable bonds is 11. The van der Waals surface area contributed by atoms with Gasteiger partial charge in [0, 0.05) is 24.8 Å². The lowest BCUT2D eigenvalue weighted by Crippen LogP contribution is -2.38. The normalized spacial score (nSPS) is 11.1. The first-order valence-corrected chi connectivity index (χ1v) is 11.1. The molecule has 0 atom stereocenters. The number of ether oxygens (including phenoxy) is 3. The molecule has 0 fully saturated rings. The van der Waals surface area contributed by atoms with E-state index in [1.165, 1.54) is 0 Å². The van der Waals surface area contributed by atoms with Gasteiger partial charge >= 0.3 is 0 Å². The van der Waals surface area contributed by atoms with Crippen LogP contribution < -0.4 is 24.8 Å². The van der Waals surface area contributed by atoms with Crippen LogP contribution in [-0.2, 0) is 19.6 Å². The van der Waals surface area contributed by atoms with Gasteiger partial charge in [0.25, 0.3) is 0 Å². The highest BCUT2D eigenvalue weighted by atomic mass is 16.5. The Hall–Kier alpha value is -3.74. The highest BCUT2D eigenvalue weighted by molar-refractivity contribution is 5.79. The van der Waals surface area contributed by atoms with Gasteiger partial charge in [0.2, 0.25) is 5.88 Å². The zero-order chi connectivity index (χ0) is 23.3. The van der Waals surface area contributed by atoms with Gasteiger partial charge in [-0.2, -0.15) is 0 Å². The van der Waals surface area contributed by atoms with Crippen molar-refractivity contribution in [2.45, 2.75) is 26.5 Å². The van der Waals surface area contributed by atoms with Crippen LogP contribution in [-0.4, -0.2) is 38.3 Å². The van der Waals surface area contributed by atoms with E-state index < -0.39 is 0 Å². The third-order valence-electron chi connectivity index (χ3n) is 4.97. The molecule has 33 heavy (non-hydrogen) atoms. The molecule has 1 heterocycles. The fourth-order valence-corrected chi connectivity index (χ4v) is 3.27. The predicted octanol–water partition coefficient (Wildman–Crippen LogP) is 3.98. The molecule has 3 rings (SSSR count). The summed E-state index contributed by atoms with van der Waals surface area (Å²) in [5.41, 5.74) is 3.19. The summed E-state index contributed by atoms with van der Waals surface area (Å²) < 4.78 is 16.6. The lowest BCUT2D eigenvalue weighted by molar-refractivity contribution is 0.290. The summed E-state index contributed by atoms with van der Waals surface area (Å²) in [5, 5.41) is 6.68. The molecule has 7 nitrogen and oxygen atoms in total. The number of hydrogen-bond donors (Lipinski definition) is 2. The van der Waals surface area contributed by atoms with E-state index in [1.807, 2.05) is 67.6 Å². The number of nitrogens with zero attached hydrogens (tertiary/aromatic N) is 2. The van der Waals surface area contributed by atoms with Crippen LogP contribution in [0.4, 0.5) is 0 Å². The Labute approximate surface area is 195 Å². The molecule has 0 spiro atoms. The molecule has 0 amide bonds. The van der Waals surface area contributed by atoms with E-state index in [1.54, 1.807) is 20.4 Å². The van der Waals surface area contributed by atoms with Crippen molar-refractivity contribution in [2.24, 2.45) is 4.99 Å². The monoisotopic (exact) mass is 448 g/mol. The second-order valence-electron chi connectivity index (χ2n) is 7.30. The molecular formula is C26H32N4O3. The fraction of sp³-hybridized carbons (Fsp3) is 0.308. The molecule has 0 aliphatic heterocycles. The van der Waals surface area contributed by atoms with Crippen molar-refractivity contribution in [2.75, 3.05) is 27.3 Å². The van der Waals surface area contributed by atoms with Crippen molar-refractivity contribution in [3.63, 3.8) is 0 Å². The molecule has 0 saturated heterocycles. The number of guanidine groups is 1. The van der Waals surface area contributed by atoms with Crippen LogP contribution in [0.5, 0.6) is 17.4 Å². The minimum Gasteiger partial charge on any atom is -0.493 e. The molecule has 0 aliphatic rings. The molecule has 174 valence electrons. The van der Waals surface area contributed by atoms with Gasteiger partial charge in [-0.25, -0.2) is 9.98 Å². The fourth-order valence-electron chi connectivity index (χ4n) is 3.27. The third kappa shape index (κ3) is 7.42. The average molecular weight is 449 g/mol. The van der Waals surface area contributed by atoms with Crippen molar-refractivity contribution in [1.82, 2.24) is 15.6 Å². The Morgan fingerprint density at radius 2 is 1.73 bits per heavy atom. The summed E-state index contributed by atoms with van der Waals surface area (Å²) in [6, 6.07) is 19.9. The van der Waals surface area contributed by atoms with Crippen LogP contribution in [0.15, 0.2) is 71.9 Å². The third-order valence-corrected chi connectivity index (χ3v) is 4.97. The summed E-state index contributed by atoms with van der Waals surface area (Å²) >= 11 is 0. The van der Waals surface area contributed by atoms with E-state index in [0.717, 1.165) is 53.7 Å². The van der Waals surface area contributed by atoms with Crippen molar-refractivity contribution in [1.29, 1.82) is 0 Å². The maximum Gasteiger partial charge on any atom is 0.218 e. The van der Waals surface area contributed by atoms with Gasteiger partial charge in [-0.15, -0.1) is 0 Å². The first-order chi connectivity index (χ1) is 16.2. The van der Waals surface area contributed by atoms with E-state index in [0.29, 0.717) is 19.0 Å². The second-order valence-corrected chi connectivity index (χ2v) is 7.30. The van der Waals surface area contributed by atoms with Crippen LogP contribution in [0, 0.1) is 0 Å². The Morgan fingerprint density at radius 3 is 2.48 bits per heavy atom. The molecular weight excluding hydrogens is 416 g/mol. The average Bonchev–Trinajstić information content (AvgIpc) is 2.87.